The Labute approximate surface area is 267 Å². The quantitative estimate of drug-likeness (QED) is 0.153. The van der Waals surface area contributed by atoms with Crippen LogP contribution in [0.3, 0.4) is 0 Å². The first-order chi connectivity index (χ1) is 22.2. The first kappa shape index (κ1) is 34.1. The van der Waals surface area contributed by atoms with Crippen molar-refractivity contribution in [2.75, 3.05) is 13.2 Å². The second kappa shape index (κ2) is 15.6. The van der Waals surface area contributed by atoms with Gasteiger partial charge in [0.2, 0.25) is 5.82 Å². The van der Waals surface area contributed by atoms with Gasteiger partial charge in [-0.2, -0.15) is 4.39 Å². The molecule has 0 aliphatic heterocycles. The number of ether oxygens (including phenoxy) is 2. The fourth-order valence-corrected chi connectivity index (χ4v) is 7.07. The largest absolute Gasteiger partial charge is 0.491 e. The third kappa shape index (κ3) is 7.48. The van der Waals surface area contributed by atoms with Crippen LogP contribution in [0.25, 0.3) is 11.1 Å². The summed E-state index contributed by atoms with van der Waals surface area (Å²) in [5.74, 6) is -6.37. The van der Waals surface area contributed by atoms with E-state index in [4.69, 9.17) is 9.47 Å². The van der Waals surface area contributed by atoms with Crippen LogP contribution in [0.5, 0.6) is 5.75 Å². The molecule has 0 saturated heterocycles. The number of hydrogen-bond acceptors (Lipinski definition) is 2. The van der Waals surface area contributed by atoms with Gasteiger partial charge in [0.25, 0.3) is 0 Å². The molecular formula is C38H42F6O2. The van der Waals surface area contributed by atoms with Gasteiger partial charge in [0, 0.05) is 17.7 Å². The van der Waals surface area contributed by atoms with E-state index < -0.39 is 34.9 Å². The Kier molecular flexibility index (Phi) is 11.5. The number of benzene rings is 3. The second-order valence-corrected chi connectivity index (χ2v) is 12.6. The lowest BCUT2D eigenvalue weighted by Crippen LogP contribution is -2.26. The lowest BCUT2D eigenvalue weighted by molar-refractivity contribution is -0.00294. The molecule has 0 spiro atoms. The Bertz CT molecular complexity index is 1520. The molecule has 5 rings (SSSR count). The van der Waals surface area contributed by atoms with Gasteiger partial charge in [-0.15, -0.1) is 0 Å². The summed E-state index contributed by atoms with van der Waals surface area (Å²) in [4.78, 5) is 0. The van der Waals surface area contributed by atoms with Gasteiger partial charge in [0.05, 0.1) is 12.7 Å². The molecule has 8 heteroatoms. The minimum Gasteiger partial charge on any atom is -0.491 e. The van der Waals surface area contributed by atoms with E-state index in [0.717, 1.165) is 38.5 Å². The van der Waals surface area contributed by atoms with Crippen molar-refractivity contribution >= 4 is 0 Å². The third-order valence-electron chi connectivity index (χ3n) is 9.73. The fraction of sp³-hybridized carbons (Fsp3) is 0.474. The fourth-order valence-electron chi connectivity index (χ4n) is 7.07. The van der Waals surface area contributed by atoms with Crippen molar-refractivity contribution in [3.05, 3.63) is 100 Å². The van der Waals surface area contributed by atoms with E-state index in [0.29, 0.717) is 49.3 Å². The normalized spacial score (nSPS) is 22.0. The highest BCUT2D eigenvalue weighted by atomic mass is 19.2. The minimum atomic E-state index is -1.28. The van der Waals surface area contributed by atoms with Crippen molar-refractivity contribution in [3.8, 4) is 16.9 Å². The van der Waals surface area contributed by atoms with Gasteiger partial charge in [0.1, 0.15) is 0 Å². The van der Waals surface area contributed by atoms with Gasteiger partial charge in [-0.3, -0.25) is 0 Å². The zero-order chi connectivity index (χ0) is 32.8. The average Bonchev–Trinajstić information content (AvgIpc) is 3.07. The highest BCUT2D eigenvalue weighted by Crippen LogP contribution is 2.41. The van der Waals surface area contributed by atoms with Crippen molar-refractivity contribution < 1.29 is 35.8 Å². The van der Waals surface area contributed by atoms with Crippen LogP contribution < -0.4 is 4.74 Å². The van der Waals surface area contributed by atoms with Crippen molar-refractivity contribution in [2.45, 2.75) is 96.0 Å². The van der Waals surface area contributed by atoms with Gasteiger partial charge in [-0.05, 0) is 125 Å². The van der Waals surface area contributed by atoms with Crippen molar-refractivity contribution in [1.82, 2.24) is 0 Å². The van der Waals surface area contributed by atoms with Crippen molar-refractivity contribution in [1.29, 1.82) is 0 Å². The summed E-state index contributed by atoms with van der Waals surface area (Å²) < 4.78 is 100. The lowest BCUT2D eigenvalue weighted by atomic mass is 9.78. The Morgan fingerprint density at radius 2 is 1.22 bits per heavy atom. The summed E-state index contributed by atoms with van der Waals surface area (Å²) >= 11 is 0. The standard InChI is InChI=1S/C38H42F6O2/c1-3-5-6-7-26-14-17-28(34(40)33(26)39)25-12-15-27(16-13-25)46-22-23-8-10-24(11-9-23)29-18-19-30(36(42)35(29)41)31-20-21-32(45-4-2)38(44)37(31)43/h3,5,14,17-21,23-25,27H,4,6-13,15-16,22H2,1-2H3. The zero-order valence-corrected chi connectivity index (χ0v) is 26.5. The summed E-state index contributed by atoms with van der Waals surface area (Å²) in [6.07, 6.45) is 11.0. The van der Waals surface area contributed by atoms with Crippen LogP contribution in [-0.4, -0.2) is 19.3 Å². The van der Waals surface area contributed by atoms with Crippen LogP contribution in [-0.2, 0) is 11.2 Å². The topological polar surface area (TPSA) is 18.5 Å². The van der Waals surface area contributed by atoms with E-state index in [2.05, 4.69) is 0 Å². The Balaban J connectivity index is 1.11. The van der Waals surface area contributed by atoms with Crippen LogP contribution in [0, 0.1) is 40.8 Å². The molecule has 0 bridgehead atoms. The zero-order valence-electron chi connectivity index (χ0n) is 26.5. The van der Waals surface area contributed by atoms with Gasteiger partial charge in [-0.1, -0.05) is 36.4 Å². The molecule has 0 radical (unpaired) electrons. The number of rotatable bonds is 11. The monoisotopic (exact) mass is 644 g/mol. The van der Waals surface area contributed by atoms with Gasteiger partial charge < -0.3 is 9.47 Å². The SMILES string of the molecule is CC=CCCc1ccc(C2CCC(OCC3CCC(c4ccc(-c5ccc(OCC)c(F)c5F)c(F)c4F)CC3)CC2)c(F)c1F. The first-order valence-corrected chi connectivity index (χ1v) is 16.5. The molecule has 0 atom stereocenters. The van der Waals surface area contributed by atoms with E-state index >= 15 is 8.78 Å². The molecule has 2 fully saturated rings. The van der Waals surface area contributed by atoms with Crippen LogP contribution in [0.1, 0.15) is 100 Å². The molecule has 2 aliphatic rings. The van der Waals surface area contributed by atoms with Crippen LogP contribution >= 0.6 is 0 Å². The molecule has 0 N–H and O–H groups in total. The second-order valence-electron chi connectivity index (χ2n) is 12.6. The van der Waals surface area contributed by atoms with E-state index in [1.165, 1.54) is 24.3 Å². The predicted molar refractivity (Wildman–Crippen MR) is 168 cm³/mol. The minimum absolute atomic E-state index is 0.0268. The summed E-state index contributed by atoms with van der Waals surface area (Å²) in [6, 6.07) is 8.67. The molecule has 3 aromatic carbocycles. The van der Waals surface area contributed by atoms with Crippen molar-refractivity contribution in [2.24, 2.45) is 5.92 Å². The maximum absolute atomic E-state index is 15.2. The van der Waals surface area contributed by atoms with E-state index in [-0.39, 0.29) is 47.0 Å². The molecule has 248 valence electrons. The number of halogens is 6. The van der Waals surface area contributed by atoms with E-state index in [1.807, 2.05) is 19.1 Å². The Morgan fingerprint density at radius 3 is 1.85 bits per heavy atom. The lowest BCUT2D eigenvalue weighted by Gasteiger charge is -2.33. The summed E-state index contributed by atoms with van der Waals surface area (Å²) in [7, 11) is 0. The summed E-state index contributed by atoms with van der Waals surface area (Å²) in [5.41, 5.74) is 0.428. The molecule has 2 aliphatic carbocycles. The first-order valence-electron chi connectivity index (χ1n) is 16.5. The number of allylic oxidation sites excluding steroid dienone is 2. The molecule has 2 saturated carbocycles. The van der Waals surface area contributed by atoms with Crippen molar-refractivity contribution in [3.63, 3.8) is 0 Å². The molecule has 0 amide bonds. The average molecular weight is 645 g/mol. The van der Waals surface area contributed by atoms with Crippen LogP contribution in [0.15, 0.2) is 48.6 Å². The smallest absolute Gasteiger partial charge is 0.201 e. The molecule has 46 heavy (non-hydrogen) atoms. The van der Waals surface area contributed by atoms with Gasteiger partial charge >= 0.3 is 0 Å². The molecule has 3 aromatic rings. The Morgan fingerprint density at radius 1 is 0.652 bits per heavy atom. The summed E-state index contributed by atoms with van der Waals surface area (Å²) in [6.45, 7) is 4.25. The number of aryl methyl sites for hydroxylation is 1. The summed E-state index contributed by atoms with van der Waals surface area (Å²) in [5, 5.41) is 0. The molecule has 0 heterocycles. The van der Waals surface area contributed by atoms with Gasteiger partial charge in [-0.25, -0.2) is 22.0 Å². The predicted octanol–water partition coefficient (Wildman–Crippen LogP) is 11.1. The van der Waals surface area contributed by atoms with Crippen LogP contribution in [0.4, 0.5) is 26.3 Å². The van der Waals surface area contributed by atoms with E-state index in [1.54, 1.807) is 19.1 Å². The Hall–Kier alpha value is -3.26. The highest BCUT2D eigenvalue weighted by molar-refractivity contribution is 5.66. The number of hydrogen-bond donors (Lipinski definition) is 0. The molecule has 2 nitrogen and oxygen atoms in total. The van der Waals surface area contributed by atoms with Crippen LogP contribution in [0.2, 0.25) is 0 Å². The highest BCUT2D eigenvalue weighted by Gasteiger charge is 2.30. The molecular weight excluding hydrogens is 602 g/mol. The van der Waals surface area contributed by atoms with E-state index in [9.17, 15) is 17.6 Å². The molecule has 0 unspecified atom stereocenters. The maximum Gasteiger partial charge on any atom is 0.201 e. The molecule has 0 aromatic heterocycles. The third-order valence-corrected chi connectivity index (χ3v) is 9.73. The maximum atomic E-state index is 15.2. The van der Waals surface area contributed by atoms with Gasteiger partial charge in [0.15, 0.2) is 34.8 Å².